The van der Waals surface area contributed by atoms with E-state index >= 15 is 0 Å². The van der Waals surface area contributed by atoms with Crippen LogP contribution in [0.4, 0.5) is 5.82 Å². The molecule has 1 unspecified atom stereocenters. The smallest absolute Gasteiger partial charge is 0.126 e. The standard InChI is InChI=1S/C12H19BrN2/c1-9(2)11(13)7-3-5-10-6-4-8-15-12(10)14/h4,6,8-9,11H,3,5,7H2,1-2H3,(H2,14,15). The van der Waals surface area contributed by atoms with Crippen molar-refractivity contribution in [1.82, 2.24) is 4.98 Å². The molecule has 0 aliphatic heterocycles. The highest BCUT2D eigenvalue weighted by molar-refractivity contribution is 9.09. The van der Waals surface area contributed by atoms with E-state index < -0.39 is 0 Å². The number of aryl methyl sites for hydroxylation is 1. The fourth-order valence-corrected chi connectivity index (χ4v) is 1.81. The summed E-state index contributed by atoms with van der Waals surface area (Å²) < 4.78 is 0. The number of aromatic nitrogens is 1. The first-order chi connectivity index (χ1) is 7.11. The predicted molar refractivity (Wildman–Crippen MR) is 69.1 cm³/mol. The van der Waals surface area contributed by atoms with Gasteiger partial charge in [0.15, 0.2) is 0 Å². The topological polar surface area (TPSA) is 38.9 Å². The van der Waals surface area contributed by atoms with Crippen molar-refractivity contribution in [3.8, 4) is 0 Å². The van der Waals surface area contributed by atoms with Crippen molar-refractivity contribution in [2.45, 2.75) is 37.9 Å². The molecule has 0 spiro atoms. The van der Waals surface area contributed by atoms with E-state index in [1.165, 1.54) is 12.0 Å². The van der Waals surface area contributed by atoms with E-state index in [9.17, 15) is 0 Å². The van der Waals surface area contributed by atoms with Crippen molar-refractivity contribution in [2.24, 2.45) is 5.92 Å². The van der Waals surface area contributed by atoms with Crippen molar-refractivity contribution >= 4 is 21.7 Å². The first kappa shape index (κ1) is 12.5. The number of nitrogens with zero attached hydrogens (tertiary/aromatic N) is 1. The Labute approximate surface area is 100 Å². The zero-order valence-electron chi connectivity index (χ0n) is 9.41. The largest absolute Gasteiger partial charge is 0.383 e. The fourth-order valence-electron chi connectivity index (χ4n) is 1.48. The Bertz CT molecular complexity index is 299. The van der Waals surface area contributed by atoms with Crippen LogP contribution in [0.25, 0.3) is 0 Å². The summed E-state index contributed by atoms with van der Waals surface area (Å²) in [5, 5.41) is 0. The number of rotatable bonds is 5. The van der Waals surface area contributed by atoms with Gasteiger partial charge in [0.05, 0.1) is 0 Å². The Kier molecular flexibility index (Phi) is 5.09. The summed E-state index contributed by atoms with van der Waals surface area (Å²) in [6.07, 6.45) is 5.10. The summed E-state index contributed by atoms with van der Waals surface area (Å²) in [7, 11) is 0. The number of nitrogen functional groups attached to an aromatic ring is 1. The van der Waals surface area contributed by atoms with E-state index in [0.717, 1.165) is 12.8 Å². The maximum Gasteiger partial charge on any atom is 0.126 e. The van der Waals surface area contributed by atoms with Gasteiger partial charge in [0.1, 0.15) is 5.82 Å². The van der Waals surface area contributed by atoms with E-state index in [0.29, 0.717) is 16.6 Å². The molecule has 84 valence electrons. The Hall–Kier alpha value is -0.570. The lowest BCUT2D eigenvalue weighted by atomic mass is 10.0. The van der Waals surface area contributed by atoms with Gasteiger partial charge in [0, 0.05) is 11.0 Å². The van der Waals surface area contributed by atoms with Gasteiger partial charge in [-0.25, -0.2) is 4.98 Å². The second-order valence-electron chi connectivity index (χ2n) is 4.20. The van der Waals surface area contributed by atoms with Gasteiger partial charge in [-0.1, -0.05) is 35.8 Å². The van der Waals surface area contributed by atoms with Gasteiger partial charge in [-0.2, -0.15) is 0 Å². The monoisotopic (exact) mass is 270 g/mol. The number of hydrogen-bond donors (Lipinski definition) is 1. The average molecular weight is 271 g/mol. The molecule has 0 aliphatic carbocycles. The molecule has 2 nitrogen and oxygen atoms in total. The van der Waals surface area contributed by atoms with Crippen LogP contribution in [0.1, 0.15) is 32.3 Å². The molecule has 0 saturated carbocycles. The number of halogens is 1. The minimum atomic E-state index is 0.607. The van der Waals surface area contributed by atoms with Crippen LogP contribution in [-0.2, 0) is 6.42 Å². The molecule has 15 heavy (non-hydrogen) atoms. The van der Waals surface area contributed by atoms with Crippen LogP contribution in [-0.4, -0.2) is 9.81 Å². The van der Waals surface area contributed by atoms with E-state index in [1.54, 1.807) is 6.20 Å². The SMILES string of the molecule is CC(C)C(Br)CCCc1cccnc1N. The molecule has 1 heterocycles. The second kappa shape index (κ2) is 6.11. The van der Waals surface area contributed by atoms with Crippen molar-refractivity contribution in [3.63, 3.8) is 0 Å². The average Bonchev–Trinajstić information content (AvgIpc) is 2.20. The molecular formula is C12H19BrN2. The van der Waals surface area contributed by atoms with Gasteiger partial charge < -0.3 is 5.73 Å². The molecule has 1 aromatic heterocycles. The third-order valence-corrected chi connectivity index (χ3v) is 4.09. The molecule has 0 aliphatic rings. The van der Waals surface area contributed by atoms with Gasteiger partial charge in [0.25, 0.3) is 0 Å². The zero-order valence-corrected chi connectivity index (χ0v) is 11.0. The third-order valence-electron chi connectivity index (χ3n) is 2.58. The highest BCUT2D eigenvalue weighted by Gasteiger charge is 2.08. The lowest BCUT2D eigenvalue weighted by molar-refractivity contribution is 0.562. The van der Waals surface area contributed by atoms with Crippen LogP contribution in [0, 0.1) is 5.92 Å². The van der Waals surface area contributed by atoms with Gasteiger partial charge in [-0.05, 0) is 36.8 Å². The summed E-state index contributed by atoms with van der Waals surface area (Å²) in [4.78, 5) is 4.68. The van der Waals surface area contributed by atoms with Gasteiger partial charge in [-0.15, -0.1) is 0 Å². The van der Waals surface area contributed by atoms with E-state index in [1.807, 2.05) is 6.07 Å². The molecule has 0 aromatic carbocycles. The number of nitrogens with two attached hydrogens (primary N) is 1. The van der Waals surface area contributed by atoms with Crippen molar-refractivity contribution < 1.29 is 0 Å². The third kappa shape index (κ3) is 4.20. The highest BCUT2D eigenvalue weighted by Crippen LogP contribution is 2.19. The Morgan fingerprint density at radius 1 is 1.47 bits per heavy atom. The van der Waals surface area contributed by atoms with Gasteiger partial charge in [0.2, 0.25) is 0 Å². The minimum Gasteiger partial charge on any atom is -0.383 e. The van der Waals surface area contributed by atoms with Crippen LogP contribution < -0.4 is 5.73 Å². The molecule has 0 bridgehead atoms. The second-order valence-corrected chi connectivity index (χ2v) is 5.38. The summed E-state index contributed by atoms with van der Waals surface area (Å²) in [6.45, 7) is 4.47. The number of alkyl halides is 1. The van der Waals surface area contributed by atoms with Crippen LogP contribution in [0.2, 0.25) is 0 Å². The minimum absolute atomic E-state index is 0.607. The first-order valence-electron chi connectivity index (χ1n) is 5.44. The number of anilines is 1. The Morgan fingerprint density at radius 3 is 2.80 bits per heavy atom. The summed E-state index contributed by atoms with van der Waals surface area (Å²) in [6, 6.07) is 4.00. The van der Waals surface area contributed by atoms with E-state index in [2.05, 4.69) is 40.8 Å². The quantitative estimate of drug-likeness (QED) is 0.833. The summed E-state index contributed by atoms with van der Waals surface area (Å²) in [5.41, 5.74) is 6.94. The van der Waals surface area contributed by atoms with Crippen LogP contribution in [0.3, 0.4) is 0 Å². The summed E-state index contributed by atoms with van der Waals surface area (Å²) in [5.74, 6) is 1.37. The highest BCUT2D eigenvalue weighted by atomic mass is 79.9. The molecule has 0 fully saturated rings. The van der Waals surface area contributed by atoms with Crippen LogP contribution in [0.15, 0.2) is 18.3 Å². The molecule has 1 rings (SSSR count). The van der Waals surface area contributed by atoms with E-state index in [4.69, 9.17) is 5.73 Å². The van der Waals surface area contributed by atoms with Crippen molar-refractivity contribution in [2.75, 3.05) is 5.73 Å². The van der Waals surface area contributed by atoms with E-state index in [-0.39, 0.29) is 0 Å². The number of pyridine rings is 1. The molecular weight excluding hydrogens is 252 g/mol. The molecule has 1 aromatic rings. The van der Waals surface area contributed by atoms with Crippen LogP contribution >= 0.6 is 15.9 Å². The van der Waals surface area contributed by atoms with Gasteiger partial charge in [-0.3, -0.25) is 0 Å². The van der Waals surface area contributed by atoms with Crippen molar-refractivity contribution in [3.05, 3.63) is 23.9 Å². The lowest BCUT2D eigenvalue weighted by Gasteiger charge is -2.13. The molecule has 2 N–H and O–H groups in total. The summed E-state index contributed by atoms with van der Waals surface area (Å²) >= 11 is 3.69. The first-order valence-corrected chi connectivity index (χ1v) is 6.36. The molecule has 0 saturated heterocycles. The molecule has 0 amide bonds. The normalized spacial score (nSPS) is 13.1. The lowest BCUT2D eigenvalue weighted by Crippen LogP contribution is -2.07. The molecule has 3 heteroatoms. The zero-order chi connectivity index (χ0) is 11.3. The molecule has 0 radical (unpaired) electrons. The predicted octanol–water partition coefficient (Wildman–Crippen LogP) is 3.41. The maximum absolute atomic E-state index is 5.77. The Morgan fingerprint density at radius 2 is 2.20 bits per heavy atom. The molecule has 1 atom stereocenters. The van der Waals surface area contributed by atoms with Crippen molar-refractivity contribution in [1.29, 1.82) is 0 Å². The fraction of sp³-hybridized carbons (Fsp3) is 0.583. The van der Waals surface area contributed by atoms with Crippen LogP contribution in [0.5, 0.6) is 0 Å². The Balaban J connectivity index is 2.35. The number of hydrogen-bond acceptors (Lipinski definition) is 2. The maximum atomic E-state index is 5.77. The van der Waals surface area contributed by atoms with Gasteiger partial charge >= 0.3 is 0 Å².